The predicted molar refractivity (Wildman–Crippen MR) is 117 cm³/mol. The molecule has 135 valence electrons. The van der Waals surface area contributed by atoms with E-state index in [9.17, 15) is 4.79 Å². The highest BCUT2D eigenvalue weighted by molar-refractivity contribution is 7.41. The minimum Gasteiger partial charge on any atom is -0.312 e. The van der Waals surface area contributed by atoms with Crippen LogP contribution in [0.15, 0.2) is 0 Å². The number of hydrogen-bond donors (Lipinski definition) is 0. The first-order valence-electron chi connectivity index (χ1n) is 4.77. The molecule has 0 aromatic rings. The third kappa shape index (κ3) is 45.0. The van der Waals surface area contributed by atoms with E-state index in [0.29, 0.717) is 0 Å². The van der Waals surface area contributed by atoms with Gasteiger partial charge in [0.15, 0.2) is 6.60 Å². The van der Waals surface area contributed by atoms with Crippen molar-refractivity contribution in [3.8, 4) is 0 Å². The number of rotatable bonds is 7. The Morgan fingerprint density at radius 1 is 0.857 bits per heavy atom. The lowest BCUT2D eigenvalue weighted by atomic mass is 9.11. The van der Waals surface area contributed by atoms with Crippen molar-refractivity contribution in [2.45, 2.75) is 113 Å². The van der Waals surface area contributed by atoms with Gasteiger partial charge in [-0.1, -0.05) is 106 Å². The zero-order valence-electron chi connectivity index (χ0n) is 8.18. The van der Waals surface area contributed by atoms with Crippen LogP contribution in [0.3, 0.4) is 0 Å². The van der Waals surface area contributed by atoms with Gasteiger partial charge in [-0.2, -0.15) is 0 Å². The van der Waals surface area contributed by atoms with Crippen LogP contribution in [0.25, 0.3) is 0 Å². The monoisotopic (exact) mass is 305 g/mol. The van der Waals surface area contributed by atoms with Gasteiger partial charge in [-0.15, -0.1) is 0 Å². The molecule has 0 saturated heterocycles. The topological polar surface area (TPSA) is 17.1 Å². The quantitative estimate of drug-likeness (QED) is 0.359. The van der Waals surface area contributed by atoms with Gasteiger partial charge in [0, 0.05) is 14.8 Å². The van der Waals surface area contributed by atoms with Crippen molar-refractivity contribution in [1.29, 1.82) is 0 Å². The van der Waals surface area contributed by atoms with Crippen molar-refractivity contribution < 1.29 is 4.79 Å². The van der Waals surface area contributed by atoms with Crippen LogP contribution in [0.5, 0.6) is 0 Å². The summed E-state index contributed by atoms with van der Waals surface area (Å²) in [4.78, 5) is 10.9. The van der Waals surface area contributed by atoms with Gasteiger partial charge >= 0.3 is 0 Å². The van der Waals surface area contributed by atoms with Crippen molar-refractivity contribution in [1.82, 2.24) is 0 Å². The van der Waals surface area contributed by atoms with Gasteiger partial charge in [-0.3, -0.25) is 0 Å². The molecule has 3 radical (unpaired) electrons. The first-order valence-corrected chi connectivity index (χ1v) is 4.77. The first kappa shape index (κ1) is 69.7. The molecule has 0 atom stereocenters. The molecule has 1 nitrogen and oxygen atoms in total. The molecule has 0 aliphatic heterocycles. The predicted octanol–water partition coefficient (Wildman–Crippen LogP) is 7.20. The second kappa shape index (κ2) is 50.2. The first-order chi connectivity index (χ1) is 5.72. The molecule has 0 saturated carbocycles. The fraction of sp³-hybridized carbons (Fsp3) is 0.941. The minimum atomic E-state index is -0.0122. The molecule has 0 N–H and O–H groups in total. The van der Waals surface area contributed by atoms with Gasteiger partial charge in [-0.05, 0) is 6.92 Å². The molecular formula is C17H52B3O. The molecule has 0 aliphatic carbocycles. The molecule has 0 heterocycles. The number of unbranched alkanes of at least 4 members (excludes halogenated alkanes) is 3. The summed E-state index contributed by atoms with van der Waals surface area (Å²) >= 11 is 0. The minimum absolute atomic E-state index is 0. The Morgan fingerprint density at radius 2 is 1.24 bits per heavy atom. The van der Waals surface area contributed by atoms with Gasteiger partial charge in [0.25, 0.3) is 0 Å². The Hall–Kier alpha value is -0.135. The Morgan fingerprint density at radius 3 is 1.48 bits per heavy atom. The van der Waals surface area contributed by atoms with Crippen LogP contribution in [0.1, 0.15) is 106 Å². The summed E-state index contributed by atoms with van der Waals surface area (Å²) in [6, 6.07) is 0. The van der Waals surface area contributed by atoms with Crippen LogP contribution in [-0.2, 0) is 4.79 Å². The lowest BCUT2D eigenvalue weighted by Gasteiger charge is -2.06. The maximum atomic E-state index is 10.9. The second-order valence-electron chi connectivity index (χ2n) is 3.26. The van der Waals surface area contributed by atoms with E-state index in [1.54, 1.807) is 6.92 Å². The van der Waals surface area contributed by atoms with Crippen LogP contribution >= 0.6 is 0 Å². The number of hydrogen-bond acceptors (Lipinski definition) is 1. The molecule has 4 heteroatoms. The summed E-state index contributed by atoms with van der Waals surface area (Å²) in [5, 5.41) is 0. The third-order valence-electron chi connectivity index (χ3n) is 2.12. The highest BCUT2D eigenvalue weighted by Crippen LogP contribution is 2.05. The van der Waals surface area contributed by atoms with E-state index in [1.165, 1.54) is 26.3 Å². The Bertz CT molecular complexity index is 131. The van der Waals surface area contributed by atoms with Gasteiger partial charge in [0.2, 0.25) is 0 Å². The summed E-state index contributed by atoms with van der Waals surface area (Å²) in [6.45, 7) is 3.77. The van der Waals surface area contributed by atoms with E-state index < -0.39 is 0 Å². The second-order valence-corrected chi connectivity index (χ2v) is 3.26. The summed E-state index contributed by atoms with van der Waals surface area (Å²) in [5.41, 5.74) is 0.189. The number of carbonyl (C=O) groups is 1. The average Bonchev–Trinajstić information content (AvgIpc) is 2.04. The van der Waals surface area contributed by atoms with Gasteiger partial charge in [0.1, 0.15) is 0 Å². The number of carbonyl (C=O) groups excluding carboxylic acids is 1. The normalized spacial score (nSPS) is 5.43. The molecule has 0 aliphatic rings. The standard InChI is InChI=1S/C8H16B3O.9CH4/c1-3-4-5-6-7-11(10-9)8(2)12;;;;;;;;;/h3-7H2,1-2H3;9*1H4. The Balaban J connectivity index is -0.0000000168. The van der Waals surface area contributed by atoms with Crippen molar-refractivity contribution in [2.24, 2.45) is 0 Å². The smallest absolute Gasteiger partial charge is 0.172 e. The van der Waals surface area contributed by atoms with Crippen LogP contribution < -0.4 is 0 Å². The maximum absolute atomic E-state index is 10.9. The highest BCUT2D eigenvalue weighted by atomic mass is 16.1. The van der Waals surface area contributed by atoms with Crippen LogP contribution in [-0.4, -0.2) is 27.1 Å². The fourth-order valence-electron chi connectivity index (χ4n) is 1.23. The summed E-state index contributed by atoms with van der Waals surface area (Å²) in [6.07, 6.45) is 5.75. The summed E-state index contributed by atoms with van der Waals surface area (Å²) < 4.78 is 0. The van der Waals surface area contributed by atoms with E-state index in [1.807, 2.05) is 0 Å². The molecule has 0 rings (SSSR count). The lowest BCUT2D eigenvalue weighted by Crippen LogP contribution is -2.31. The van der Waals surface area contributed by atoms with Gasteiger partial charge in [0.05, 0.1) is 5.68 Å². The zero-order valence-corrected chi connectivity index (χ0v) is 8.18. The van der Waals surface area contributed by atoms with E-state index in [4.69, 9.17) is 7.74 Å². The van der Waals surface area contributed by atoms with Gasteiger partial charge < -0.3 is 4.79 Å². The van der Waals surface area contributed by atoms with Crippen molar-refractivity contribution >= 4 is 27.1 Å². The maximum Gasteiger partial charge on any atom is 0.172 e. The average molecular weight is 305 g/mol. The molecule has 0 unspecified atom stereocenters. The van der Waals surface area contributed by atoms with Crippen molar-refractivity contribution in [2.75, 3.05) is 0 Å². The molecule has 0 bridgehead atoms. The summed E-state index contributed by atoms with van der Waals surface area (Å²) in [5.74, 6) is 0. The van der Waals surface area contributed by atoms with E-state index in [2.05, 4.69) is 6.92 Å². The Labute approximate surface area is 145 Å². The van der Waals surface area contributed by atoms with Crippen molar-refractivity contribution in [3.63, 3.8) is 0 Å². The summed E-state index contributed by atoms with van der Waals surface area (Å²) in [7, 11) is 6.86. The molecule has 21 heavy (non-hydrogen) atoms. The molecular weight excluding hydrogens is 253 g/mol. The van der Waals surface area contributed by atoms with Crippen LogP contribution in [0.2, 0.25) is 6.32 Å². The van der Waals surface area contributed by atoms with E-state index in [0.717, 1.165) is 12.7 Å². The lowest BCUT2D eigenvalue weighted by molar-refractivity contribution is -0.110. The molecule has 0 fully saturated rings. The van der Waals surface area contributed by atoms with Crippen LogP contribution in [0.4, 0.5) is 0 Å². The Kier molecular flexibility index (Phi) is 167. The zero-order chi connectivity index (χ0) is 9.40. The molecule has 0 aromatic heterocycles. The van der Waals surface area contributed by atoms with E-state index in [-0.39, 0.29) is 79.1 Å². The largest absolute Gasteiger partial charge is 0.312 e. The van der Waals surface area contributed by atoms with E-state index >= 15 is 0 Å². The molecule has 0 amide bonds. The molecule has 0 spiro atoms. The van der Waals surface area contributed by atoms with Gasteiger partial charge in [-0.25, -0.2) is 0 Å². The van der Waals surface area contributed by atoms with Crippen molar-refractivity contribution in [3.05, 3.63) is 0 Å². The van der Waals surface area contributed by atoms with Crippen LogP contribution in [0, 0.1) is 0 Å². The SMILES string of the molecule is C.C.C.C.C.C.C.C.C.[B][B]B(CCCCCC)C(C)=O. The third-order valence-corrected chi connectivity index (χ3v) is 2.12. The molecule has 0 aromatic carbocycles. The highest BCUT2D eigenvalue weighted by Gasteiger charge is 2.14. The fourth-order valence-corrected chi connectivity index (χ4v) is 1.23.